The zero-order valence-corrected chi connectivity index (χ0v) is 20.4. The van der Waals surface area contributed by atoms with Crippen LogP contribution in [-0.2, 0) is 11.3 Å². The lowest BCUT2D eigenvalue weighted by molar-refractivity contribution is -0.121. The van der Waals surface area contributed by atoms with E-state index in [1.54, 1.807) is 30.6 Å². The van der Waals surface area contributed by atoms with Crippen LogP contribution in [0.3, 0.4) is 0 Å². The number of nitrogens with zero attached hydrogens (tertiary/aromatic N) is 1. The number of carbonyl (C=O) groups is 1. The van der Waals surface area contributed by atoms with Gasteiger partial charge in [0.15, 0.2) is 0 Å². The van der Waals surface area contributed by atoms with Crippen molar-refractivity contribution in [3.63, 3.8) is 0 Å². The predicted molar refractivity (Wildman–Crippen MR) is 136 cm³/mol. The summed E-state index contributed by atoms with van der Waals surface area (Å²) in [5, 5.41) is 22.4. The summed E-state index contributed by atoms with van der Waals surface area (Å²) in [6.07, 6.45) is 5.52. The maximum Gasteiger partial charge on any atom is 0.496 e. The molecule has 0 radical (unpaired) electrons. The van der Waals surface area contributed by atoms with E-state index < -0.39 is 7.12 Å². The SMILES string of the molecule is COc1cc(C=C2c3ccc(F)cc3C(CC(=O)NCc3cccnc3)C2C)cc(OC)c1B(O)O. The number of aromatic nitrogens is 1. The summed E-state index contributed by atoms with van der Waals surface area (Å²) >= 11 is 0. The average molecular weight is 490 g/mol. The molecule has 0 aliphatic heterocycles. The summed E-state index contributed by atoms with van der Waals surface area (Å²) in [7, 11) is 1.11. The number of hydrogen-bond donors (Lipinski definition) is 3. The van der Waals surface area contributed by atoms with Crippen LogP contribution in [0.15, 0.2) is 54.9 Å². The number of halogens is 1. The summed E-state index contributed by atoms with van der Waals surface area (Å²) in [6.45, 7) is 2.39. The number of ether oxygens (including phenoxy) is 2. The van der Waals surface area contributed by atoms with E-state index in [1.807, 2.05) is 25.1 Å². The highest BCUT2D eigenvalue weighted by Gasteiger charge is 2.35. The zero-order valence-electron chi connectivity index (χ0n) is 20.4. The van der Waals surface area contributed by atoms with Crippen LogP contribution in [-0.4, -0.2) is 42.3 Å². The number of hydrogen-bond acceptors (Lipinski definition) is 6. The summed E-state index contributed by atoms with van der Waals surface area (Å²) in [6, 6.07) is 11.7. The smallest absolute Gasteiger partial charge is 0.496 e. The van der Waals surface area contributed by atoms with Crippen LogP contribution in [0.2, 0.25) is 0 Å². The van der Waals surface area contributed by atoms with E-state index in [-0.39, 0.29) is 46.9 Å². The second kappa shape index (κ2) is 10.9. The van der Waals surface area contributed by atoms with Crippen molar-refractivity contribution in [1.82, 2.24) is 10.3 Å². The Hall–Kier alpha value is -3.69. The number of carbonyl (C=O) groups excluding carboxylic acids is 1. The Kier molecular flexibility index (Phi) is 7.71. The molecule has 0 spiro atoms. The number of pyridine rings is 1. The van der Waals surface area contributed by atoms with Gasteiger partial charge in [-0.05, 0) is 70.0 Å². The van der Waals surface area contributed by atoms with E-state index in [0.717, 1.165) is 22.3 Å². The molecule has 36 heavy (non-hydrogen) atoms. The second-order valence-corrected chi connectivity index (χ2v) is 8.78. The molecule has 0 bridgehead atoms. The number of nitrogens with one attached hydrogen (secondary N) is 1. The monoisotopic (exact) mass is 490 g/mol. The fourth-order valence-electron chi connectivity index (χ4n) is 4.78. The first kappa shape index (κ1) is 25.4. The average Bonchev–Trinajstić information content (AvgIpc) is 3.12. The largest absolute Gasteiger partial charge is 0.497 e. The molecule has 1 amide bonds. The predicted octanol–water partition coefficient (Wildman–Crippen LogP) is 2.90. The minimum Gasteiger partial charge on any atom is -0.497 e. The minimum absolute atomic E-state index is 0.0777. The van der Waals surface area contributed by atoms with Crippen molar-refractivity contribution in [2.75, 3.05) is 14.2 Å². The van der Waals surface area contributed by atoms with Gasteiger partial charge in [-0.2, -0.15) is 0 Å². The van der Waals surface area contributed by atoms with Gasteiger partial charge in [-0.25, -0.2) is 4.39 Å². The number of benzene rings is 2. The second-order valence-electron chi connectivity index (χ2n) is 8.78. The maximum absolute atomic E-state index is 14.2. The van der Waals surface area contributed by atoms with Gasteiger partial charge < -0.3 is 24.8 Å². The fourth-order valence-corrected chi connectivity index (χ4v) is 4.78. The number of amides is 1. The van der Waals surface area contributed by atoms with Crippen molar-refractivity contribution in [2.45, 2.75) is 25.8 Å². The lowest BCUT2D eigenvalue weighted by Crippen LogP contribution is -2.32. The van der Waals surface area contributed by atoms with E-state index in [9.17, 15) is 19.2 Å². The van der Waals surface area contributed by atoms with Crippen molar-refractivity contribution >= 4 is 30.1 Å². The highest BCUT2D eigenvalue weighted by Crippen LogP contribution is 2.48. The molecule has 0 fully saturated rings. The molecular weight excluding hydrogens is 462 g/mol. The van der Waals surface area contributed by atoms with Crippen molar-refractivity contribution in [2.24, 2.45) is 5.92 Å². The molecule has 2 atom stereocenters. The van der Waals surface area contributed by atoms with Gasteiger partial charge in [-0.15, -0.1) is 0 Å². The molecule has 186 valence electrons. The lowest BCUT2D eigenvalue weighted by atomic mass is 9.78. The maximum atomic E-state index is 14.2. The highest BCUT2D eigenvalue weighted by molar-refractivity contribution is 6.61. The van der Waals surface area contributed by atoms with Crippen molar-refractivity contribution < 1.29 is 28.7 Å². The molecule has 2 aromatic carbocycles. The first-order chi connectivity index (χ1) is 17.3. The highest BCUT2D eigenvalue weighted by atomic mass is 19.1. The van der Waals surface area contributed by atoms with E-state index in [4.69, 9.17) is 9.47 Å². The molecular formula is C27H28BFN2O5. The number of methoxy groups -OCH3 is 2. The van der Waals surface area contributed by atoms with Gasteiger partial charge in [0.25, 0.3) is 0 Å². The Bertz CT molecular complexity index is 1260. The van der Waals surface area contributed by atoms with Gasteiger partial charge in [0.2, 0.25) is 5.91 Å². The number of allylic oxidation sites excluding steroid dienone is 1. The lowest BCUT2D eigenvalue weighted by Gasteiger charge is -2.18. The van der Waals surface area contributed by atoms with Gasteiger partial charge in [0.05, 0.1) is 19.7 Å². The molecule has 3 N–H and O–H groups in total. The molecule has 0 saturated carbocycles. The number of rotatable bonds is 8. The van der Waals surface area contributed by atoms with Gasteiger partial charge in [-0.1, -0.05) is 25.1 Å². The van der Waals surface area contributed by atoms with Gasteiger partial charge in [-0.3, -0.25) is 9.78 Å². The van der Waals surface area contributed by atoms with Crippen LogP contribution >= 0.6 is 0 Å². The van der Waals surface area contributed by atoms with Crippen LogP contribution in [0.25, 0.3) is 11.6 Å². The Morgan fingerprint density at radius 3 is 2.50 bits per heavy atom. The van der Waals surface area contributed by atoms with Crippen LogP contribution in [0, 0.1) is 11.7 Å². The Morgan fingerprint density at radius 2 is 1.89 bits per heavy atom. The first-order valence-corrected chi connectivity index (χ1v) is 11.6. The molecule has 1 heterocycles. The fraction of sp³-hybridized carbons (Fsp3) is 0.259. The molecule has 7 nitrogen and oxygen atoms in total. The van der Waals surface area contributed by atoms with Gasteiger partial charge in [0.1, 0.15) is 17.3 Å². The van der Waals surface area contributed by atoms with Crippen molar-refractivity contribution in [1.29, 1.82) is 0 Å². The van der Waals surface area contributed by atoms with E-state index in [0.29, 0.717) is 12.1 Å². The number of fused-ring (bicyclic) bond motifs is 1. The van der Waals surface area contributed by atoms with Crippen molar-refractivity contribution in [3.8, 4) is 11.5 Å². The summed E-state index contributed by atoms with van der Waals surface area (Å²) in [5.74, 6) is -0.228. The molecule has 1 aliphatic rings. The third-order valence-corrected chi connectivity index (χ3v) is 6.58. The summed E-state index contributed by atoms with van der Waals surface area (Å²) in [5.41, 5.74) is 4.34. The third kappa shape index (κ3) is 5.27. The van der Waals surface area contributed by atoms with Gasteiger partial charge in [0, 0.05) is 25.4 Å². The van der Waals surface area contributed by atoms with E-state index >= 15 is 0 Å². The molecule has 0 saturated heterocycles. The summed E-state index contributed by atoms with van der Waals surface area (Å²) in [4.78, 5) is 16.9. The molecule has 4 rings (SSSR count). The molecule has 2 unspecified atom stereocenters. The summed E-state index contributed by atoms with van der Waals surface area (Å²) < 4.78 is 25.0. The Balaban J connectivity index is 1.65. The molecule has 9 heteroatoms. The Morgan fingerprint density at radius 1 is 1.17 bits per heavy atom. The molecule has 1 aromatic heterocycles. The van der Waals surface area contributed by atoms with Crippen molar-refractivity contribution in [3.05, 3.63) is 82.9 Å². The molecule has 1 aliphatic carbocycles. The topological polar surface area (TPSA) is 101 Å². The van der Waals surface area contributed by atoms with E-state index in [2.05, 4.69) is 10.3 Å². The molecule has 3 aromatic rings. The first-order valence-electron chi connectivity index (χ1n) is 11.6. The normalized spacial score (nSPS) is 17.6. The Labute approximate surface area is 209 Å². The van der Waals surface area contributed by atoms with Gasteiger partial charge >= 0.3 is 7.12 Å². The van der Waals surface area contributed by atoms with E-state index in [1.165, 1.54) is 26.4 Å². The van der Waals surface area contributed by atoms with Crippen LogP contribution in [0.4, 0.5) is 4.39 Å². The van der Waals surface area contributed by atoms with Crippen LogP contribution in [0.1, 0.15) is 41.5 Å². The quantitative estimate of drug-likeness (QED) is 0.420. The standard InChI is InChI=1S/C27H28BFN2O5/c1-16-21(9-18-10-24(35-2)27(28(33)34)25(11-18)36-3)20-7-6-19(29)12-23(20)22(16)13-26(32)31-15-17-5-4-8-30-14-17/h4-12,14,16,22,33-34H,13,15H2,1-3H3,(H,31,32). The van der Waals surface area contributed by atoms with Crippen LogP contribution < -0.4 is 20.3 Å². The van der Waals surface area contributed by atoms with Crippen LogP contribution in [0.5, 0.6) is 11.5 Å². The third-order valence-electron chi connectivity index (χ3n) is 6.58. The zero-order chi connectivity index (χ0) is 25.8. The minimum atomic E-state index is -1.76.